The largest absolute Gasteiger partial charge is 0.302 e. The number of hydrogen-bond donors (Lipinski definition) is 2. The molecule has 0 aliphatic rings. The smallest absolute Gasteiger partial charge is 0.249 e. The first-order chi connectivity index (χ1) is 7.99. The lowest BCUT2D eigenvalue weighted by Gasteiger charge is -2.16. The maximum atomic E-state index is 11.7. The summed E-state index contributed by atoms with van der Waals surface area (Å²) in [6.45, 7) is 7.36. The molecule has 0 aliphatic heterocycles. The van der Waals surface area contributed by atoms with E-state index in [0.29, 0.717) is 12.1 Å². The highest BCUT2D eigenvalue weighted by Crippen LogP contribution is 2.27. The van der Waals surface area contributed by atoms with Crippen LogP contribution in [-0.2, 0) is 14.8 Å². The molecule has 0 aliphatic carbocycles. The fourth-order valence-electron chi connectivity index (χ4n) is 1.34. The number of nitrogens with zero attached hydrogens (tertiary/aromatic N) is 1. The average molecular weight is 291 g/mol. The van der Waals surface area contributed by atoms with Gasteiger partial charge in [0.25, 0.3) is 0 Å². The number of hydrogen-bond acceptors (Lipinski definition) is 5. The Hall–Kier alpha value is -0.990. The van der Waals surface area contributed by atoms with Crippen molar-refractivity contribution in [3.8, 4) is 0 Å². The number of nitrogens with two attached hydrogens (primary N) is 1. The molecule has 6 nitrogen and oxygen atoms in total. The number of carbonyl (C=O) groups excluding carboxylic acids is 1. The molecule has 0 spiro atoms. The molecule has 1 aromatic heterocycles. The van der Waals surface area contributed by atoms with Crippen molar-refractivity contribution in [1.29, 1.82) is 0 Å². The molecule has 0 saturated carbocycles. The first-order valence-electron chi connectivity index (χ1n) is 5.29. The topological polar surface area (TPSA) is 102 Å². The minimum absolute atomic E-state index is 0.0199. The molecule has 0 aromatic carbocycles. The van der Waals surface area contributed by atoms with Crippen molar-refractivity contribution >= 4 is 32.4 Å². The van der Waals surface area contributed by atoms with Crippen LogP contribution in [0, 0.1) is 12.3 Å². The maximum Gasteiger partial charge on any atom is 0.249 e. The molecule has 0 unspecified atom stereocenters. The van der Waals surface area contributed by atoms with Crippen molar-refractivity contribution in [2.75, 3.05) is 5.32 Å². The average Bonchev–Trinajstić information content (AvgIpc) is 2.41. The van der Waals surface area contributed by atoms with E-state index in [2.05, 4.69) is 10.3 Å². The second kappa shape index (κ2) is 4.94. The summed E-state index contributed by atoms with van der Waals surface area (Å²) in [5.74, 6) is -0.197. The molecular formula is C10H17N3O3S2. The van der Waals surface area contributed by atoms with Crippen molar-refractivity contribution in [2.24, 2.45) is 10.6 Å². The number of carbonyl (C=O) groups is 1. The van der Waals surface area contributed by atoms with Gasteiger partial charge in [-0.1, -0.05) is 32.1 Å². The zero-order chi connectivity index (χ0) is 14.1. The number of aromatic nitrogens is 1. The number of nitrogens with one attached hydrogen (secondary N) is 1. The Labute approximate surface area is 111 Å². The SMILES string of the molecule is Cc1nc(NC(=O)CC(C)(C)C)sc1S(N)(=O)=O. The van der Waals surface area contributed by atoms with E-state index in [1.807, 2.05) is 20.8 Å². The van der Waals surface area contributed by atoms with Crippen molar-refractivity contribution in [3.05, 3.63) is 5.69 Å². The molecule has 0 bridgehead atoms. The van der Waals surface area contributed by atoms with Gasteiger partial charge in [-0.2, -0.15) is 0 Å². The molecule has 8 heteroatoms. The molecule has 0 radical (unpaired) electrons. The first kappa shape index (κ1) is 15.1. The van der Waals surface area contributed by atoms with Crippen LogP contribution in [0.1, 0.15) is 32.9 Å². The summed E-state index contributed by atoms with van der Waals surface area (Å²) in [6, 6.07) is 0. The fraction of sp³-hybridized carbons (Fsp3) is 0.600. The van der Waals surface area contributed by atoms with E-state index in [0.717, 1.165) is 11.3 Å². The van der Waals surface area contributed by atoms with Crippen LogP contribution in [0.15, 0.2) is 4.21 Å². The van der Waals surface area contributed by atoms with Crippen LogP contribution in [0.4, 0.5) is 5.13 Å². The quantitative estimate of drug-likeness (QED) is 0.880. The van der Waals surface area contributed by atoms with E-state index < -0.39 is 10.0 Å². The Balaban J connectivity index is 2.85. The number of primary sulfonamides is 1. The van der Waals surface area contributed by atoms with Gasteiger partial charge in [0.2, 0.25) is 15.9 Å². The van der Waals surface area contributed by atoms with Crippen LogP contribution in [0.3, 0.4) is 0 Å². The second-order valence-corrected chi connectivity index (χ2v) is 7.98. The van der Waals surface area contributed by atoms with Gasteiger partial charge in [0, 0.05) is 6.42 Å². The number of anilines is 1. The van der Waals surface area contributed by atoms with Crippen LogP contribution in [0.25, 0.3) is 0 Å². The summed E-state index contributed by atoms with van der Waals surface area (Å²) in [6.07, 6.45) is 0.330. The molecule has 0 atom stereocenters. The van der Waals surface area contributed by atoms with Gasteiger partial charge in [0.1, 0.15) is 0 Å². The van der Waals surface area contributed by atoms with Gasteiger partial charge in [-0.25, -0.2) is 18.5 Å². The standard InChI is InChI=1S/C10H17N3O3S2/c1-6-8(18(11,15)16)17-9(12-6)13-7(14)5-10(2,3)4/h5H2,1-4H3,(H2,11,15,16)(H,12,13,14). The highest BCUT2D eigenvalue weighted by Gasteiger charge is 2.20. The summed E-state index contributed by atoms with van der Waals surface area (Å²) >= 11 is 0.865. The summed E-state index contributed by atoms with van der Waals surface area (Å²) < 4.78 is 22.4. The zero-order valence-electron chi connectivity index (χ0n) is 10.8. The molecule has 1 heterocycles. The van der Waals surface area contributed by atoms with Gasteiger partial charge in [0.15, 0.2) is 9.34 Å². The van der Waals surface area contributed by atoms with Gasteiger partial charge >= 0.3 is 0 Å². The van der Waals surface area contributed by atoms with Crippen molar-refractivity contribution in [3.63, 3.8) is 0 Å². The Morgan fingerprint density at radius 2 is 2.00 bits per heavy atom. The van der Waals surface area contributed by atoms with E-state index in [1.165, 1.54) is 6.92 Å². The molecule has 1 aromatic rings. The van der Waals surface area contributed by atoms with Gasteiger partial charge in [-0.05, 0) is 12.3 Å². The minimum atomic E-state index is -3.78. The van der Waals surface area contributed by atoms with Crippen molar-refractivity contribution in [2.45, 2.75) is 38.3 Å². The molecule has 18 heavy (non-hydrogen) atoms. The first-order valence-corrected chi connectivity index (χ1v) is 7.65. The highest BCUT2D eigenvalue weighted by atomic mass is 32.2. The van der Waals surface area contributed by atoms with Crippen LogP contribution in [0.2, 0.25) is 0 Å². The van der Waals surface area contributed by atoms with E-state index >= 15 is 0 Å². The number of amides is 1. The minimum Gasteiger partial charge on any atom is -0.302 e. The van der Waals surface area contributed by atoms with E-state index in [-0.39, 0.29) is 20.7 Å². The summed E-state index contributed by atoms with van der Waals surface area (Å²) in [4.78, 5) is 15.6. The Bertz CT molecular complexity index is 555. The van der Waals surface area contributed by atoms with Crippen LogP contribution in [-0.4, -0.2) is 19.3 Å². The lowest BCUT2D eigenvalue weighted by Crippen LogP contribution is -2.19. The Morgan fingerprint density at radius 1 is 1.44 bits per heavy atom. The van der Waals surface area contributed by atoms with Gasteiger partial charge in [-0.3, -0.25) is 4.79 Å². The van der Waals surface area contributed by atoms with Crippen LogP contribution < -0.4 is 10.5 Å². The second-order valence-electron chi connectivity index (χ2n) is 5.22. The third kappa shape index (κ3) is 4.35. The third-order valence-electron chi connectivity index (χ3n) is 1.95. The maximum absolute atomic E-state index is 11.7. The third-order valence-corrected chi connectivity index (χ3v) is 4.58. The van der Waals surface area contributed by atoms with E-state index in [4.69, 9.17) is 5.14 Å². The number of aryl methyl sites for hydroxylation is 1. The predicted octanol–water partition coefficient (Wildman–Crippen LogP) is 1.47. The van der Waals surface area contributed by atoms with E-state index in [9.17, 15) is 13.2 Å². The summed E-state index contributed by atoms with van der Waals surface area (Å²) in [7, 11) is -3.78. The van der Waals surface area contributed by atoms with E-state index in [1.54, 1.807) is 0 Å². The lowest BCUT2D eigenvalue weighted by atomic mass is 9.92. The number of rotatable bonds is 3. The van der Waals surface area contributed by atoms with Crippen LogP contribution >= 0.6 is 11.3 Å². The number of thiazole rings is 1. The van der Waals surface area contributed by atoms with Crippen molar-refractivity contribution < 1.29 is 13.2 Å². The number of sulfonamides is 1. The molecule has 0 fully saturated rings. The monoisotopic (exact) mass is 291 g/mol. The molecular weight excluding hydrogens is 274 g/mol. The zero-order valence-corrected chi connectivity index (χ0v) is 12.4. The van der Waals surface area contributed by atoms with Gasteiger partial charge in [-0.15, -0.1) is 0 Å². The molecule has 1 rings (SSSR count). The Morgan fingerprint density at radius 3 is 2.39 bits per heavy atom. The van der Waals surface area contributed by atoms with Gasteiger partial charge in [0.05, 0.1) is 5.69 Å². The normalized spacial score (nSPS) is 12.5. The molecule has 3 N–H and O–H groups in total. The molecule has 102 valence electrons. The lowest BCUT2D eigenvalue weighted by molar-refractivity contribution is -0.117. The molecule has 0 saturated heterocycles. The summed E-state index contributed by atoms with van der Waals surface area (Å²) in [5.41, 5.74) is 0.160. The Kier molecular flexibility index (Phi) is 4.14. The fourth-order valence-corrected chi connectivity index (χ4v) is 3.22. The highest BCUT2D eigenvalue weighted by molar-refractivity contribution is 7.91. The molecule has 1 amide bonds. The summed E-state index contributed by atoms with van der Waals surface area (Å²) in [5, 5.41) is 7.87. The van der Waals surface area contributed by atoms with Gasteiger partial charge < -0.3 is 5.32 Å². The predicted molar refractivity (Wildman–Crippen MR) is 70.9 cm³/mol. The van der Waals surface area contributed by atoms with Crippen molar-refractivity contribution in [1.82, 2.24) is 4.98 Å². The van der Waals surface area contributed by atoms with Crippen LogP contribution in [0.5, 0.6) is 0 Å².